The van der Waals surface area contributed by atoms with Crippen molar-refractivity contribution in [1.82, 2.24) is 35.2 Å². The smallest absolute Gasteiger partial charge is 0.215 e. The van der Waals surface area contributed by atoms with Crippen LogP contribution in [0.2, 0.25) is 0 Å². The van der Waals surface area contributed by atoms with Crippen molar-refractivity contribution in [2.75, 3.05) is 13.2 Å². The summed E-state index contributed by atoms with van der Waals surface area (Å²) in [4.78, 5) is 13.4. The van der Waals surface area contributed by atoms with Gasteiger partial charge in [-0.3, -0.25) is 4.98 Å². The lowest BCUT2D eigenvalue weighted by Crippen LogP contribution is -2.21. The summed E-state index contributed by atoms with van der Waals surface area (Å²) >= 11 is 1.47. The summed E-state index contributed by atoms with van der Waals surface area (Å²) in [5.74, 6) is 0.694. The quantitative estimate of drug-likeness (QED) is 0.634. The fraction of sp³-hybridized carbons (Fsp3) is 0.412. The molecule has 0 atom stereocenters. The zero-order valence-corrected chi connectivity index (χ0v) is 15.3. The number of hydrogen-bond donors (Lipinski definition) is 0. The van der Waals surface area contributed by atoms with Gasteiger partial charge in [-0.1, -0.05) is 6.92 Å². The second kappa shape index (κ2) is 7.88. The van der Waals surface area contributed by atoms with Gasteiger partial charge in [0, 0.05) is 36.9 Å². The molecule has 0 radical (unpaired) electrons. The van der Waals surface area contributed by atoms with Crippen LogP contribution in [-0.2, 0) is 11.2 Å². The van der Waals surface area contributed by atoms with E-state index >= 15 is 0 Å². The highest BCUT2D eigenvalue weighted by Gasteiger charge is 2.21. The number of pyridine rings is 1. The van der Waals surface area contributed by atoms with Crippen molar-refractivity contribution in [3.63, 3.8) is 0 Å². The van der Waals surface area contributed by atoms with Gasteiger partial charge in [0.05, 0.1) is 6.04 Å². The summed E-state index contributed by atoms with van der Waals surface area (Å²) in [5, 5.41) is 13.8. The van der Waals surface area contributed by atoms with Crippen LogP contribution in [0.3, 0.4) is 0 Å². The summed E-state index contributed by atoms with van der Waals surface area (Å²) in [6.45, 7) is 3.57. The molecule has 0 saturated carbocycles. The molecule has 4 heterocycles. The largest absolute Gasteiger partial charge is 0.381 e. The average molecular weight is 369 g/mol. The molecule has 0 unspecified atom stereocenters. The van der Waals surface area contributed by atoms with E-state index in [1.54, 1.807) is 12.4 Å². The summed E-state index contributed by atoms with van der Waals surface area (Å²) < 4.78 is 7.33. The van der Waals surface area contributed by atoms with E-state index in [2.05, 4.69) is 32.4 Å². The molecule has 0 amide bonds. The lowest BCUT2D eigenvalue weighted by Gasteiger charge is -2.22. The zero-order chi connectivity index (χ0) is 17.8. The van der Waals surface area contributed by atoms with Crippen molar-refractivity contribution in [3.05, 3.63) is 36.3 Å². The maximum absolute atomic E-state index is 5.44. The summed E-state index contributed by atoms with van der Waals surface area (Å²) in [5.41, 5.74) is 1.93. The second-order valence-corrected chi connectivity index (χ2v) is 6.95. The first-order chi connectivity index (χ1) is 12.8. The number of tetrazole rings is 1. The minimum Gasteiger partial charge on any atom is -0.381 e. The number of hydrogen-bond acceptors (Lipinski definition) is 8. The first kappa shape index (κ1) is 17.0. The van der Waals surface area contributed by atoms with Gasteiger partial charge in [-0.25, -0.2) is 14.6 Å². The third kappa shape index (κ3) is 3.73. The molecule has 3 aromatic heterocycles. The zero-order valence-electron chi connectivity index (χ0n) is 14.4. The van der Waals surface area contributed by atoms with E-state index in [0.717, 1.165) is 53.9 Å². The molecule has 0 aromatic carbocycles. The van der Waals surface area contributed by atoms with Crippen LogP contribution in [0.5, 0.6) is 0 Å². The van der Waals surface area contributed by atoms with E-state index in [9.17, 15) is 0 Å². The first-order valence-corrected chi connectivity index (χ1v) is 9.47. The maximum Gasteiger partial charge on any atom is 0.215 e. The summed E-state index contributed by atoms with van der Waals surface area (Å²) in [6.07, 6.45) is 6.17. The van der Waals surface area contributed by atoms with Gasteiger partial charge in [0.1, 0.15) is 5.03 Å². The fourth-order valence-electron chi connectivity index (χ4n) is 2.84. The van der Waals surface area contributed by atoms with Crippen LogP contribution in [0.4, 0.5) is 0 Å². The van der Waals surface area contributed by atoms with Gasteiger partial charge in [0.25, 0.3) is 0 Å². The van der Waals surface area contributed by atoms with Gasteiger partial charge >= 0.3 is 0 Å². The summed E-state index contributed by atoms with van der Waals surface area (Å²) in [7, 11) is 0. The number of aryl methyl sites for hydroxylation is 1. The van der Waals surface area contributed by atoms with Gasteiger partial charge in [0.15, 0.2) is 5.82 Å². The lowest BCUT2D eigenvalue weighted by atomic mass is 10.1. The predicted molar refractivity (Wildman–Crippen MR) is 95.7 cm³/mol. The minimum atomic E-state index is 0.272. The monoisotopic (exact) mass is 369 g/mol. The van der Waals surface area contributed by atoms with E-state index in [0.29, 0.717) is 5.82 Å². The van der Waals surface area contributed by atoms with Gasteiger partial charge < -0.3 is 4.74 Å². The van der Waals surface area contributed by atoms with Crippen LogP contribution in [0.25, 0.3) is 11.4 Å². The Labute approximate surface area is 155 Å². The van der Waals surface area contributed by atoms with Crippen molar-refractivity contribution in [2.45, 2.75) is 42.4 Å². The van der Waals surface area contributed by atoms with Crippen molar-refractivity contribution < 1.29 is 4.74 Å². The molecule has 1 fully saturated rings. The van der Waals surface area contributed by atoms with Crippen molar-refractivity contribution in [3.8, 4) is 11.4 Å². The molecule has 4 rings (SSSR count). The Hall–Kier alpha value is -2.39. The third-order valence-electron chi connectivity index (χ3n) is 4.25. The highest BCUT2D eigenvalue weighted by atomic mass is 32.2. The van der Waals surface area contributed by atoms with Gasteiger partial charge in [-0.15, -0.1) is 5.10 Å². The van der Waals surface area contributed by atoms with E-state index < -0.39 is 0 Å². The van der Waals surface area contributed by atoms with Crippen LogP contribution in [0, 0.1) is 0 Å². The van der Waals surface area contributed by atoms with Gasteiger partial charge in [-0.2, -0.15) is 0 Å². The molecule has 3 aromatic rings. The Morgan fingerprint density at radius 1 is 1.19 bits per heavy atom. The SMILES string of the molecule is CCc1cc(Sc2nnnn2C2CCOCC2)nc(-c2ccncc2)n1. The van der Waals surface area contributed by atoms with Crippen molar-refractivity contribution >= 4 is 11.8 Å². The van der Waals surface area contributed by atoms with E-state index in [1.807, 2.05) is 22.9 Å². The number of aromatic nitrogens is 7. The molecule has 1 saturated heterocycles. The normalized spacial score (nSPS) is 15.3. The summed E-state index contributed by atoms with van der Waals surface area (Å²) in [6, 6.07) is 6.09. The van der Waals surface area contributed by atoms with Crippen LogP contribution >= 0.6 is 11.8 Å². The molecular weight excluding hydrogens is 350 g/mol. The highest BCUT2D eigenvalue weighted by molar-refractivity contribution is 7.99. The van der Waals surface area contributed by atoms with Gasteiger partial charge in [-0.05, 0) is 59.7 Å². The molecule has 0 aliphatic carbocycles. The molecule has 0 bridgehead atoms. The number of rotatable bonds is 5. The third-order valence-corrected chi connectivity index (χ3v) is 5.12. The molecule has 8 nitrogen and oxygen atoms in total. The standard InChI is InChI=1S/C17H19N7OS/c1-2-13-11-15(20-16(19-13)12-3-7-18-8-4-12)26-17-21-22-23-24(17)14-5-9-25-10-6-14/h3-4,7-8,11,14H,2,5-6,9-10H2,1H3. The van der Waals surface area contributed by atoms with E-state index in [-0.39, 0.29) is 6.04 Å². The highest BCUT2D eigenvalue weighted by Crippen LogP contribution is 2.30. The predicted octanol–water partition coefficient (Wildman–Crippen LogP) is 2.59. The van der Waals surface area contributed by atoms with Crippen LogP contribution < -0.4 is 0 Å². The lowest BCUT2D eigenvalue weighted by molar-refractivity contribution is 0.0631. The number of nitrogens with zero attached hydrogens (tertiary/aromatic N) is 7. The molecule has 0 N–H and O–H groups in total. The Bertz CT molecular complexity index is 865. The Morgan fingerprint density at radius 3 is 2.77 bits per heavy atom. The van der Waals surface area contributed by atoms with Crippen LogP contribution in [0.15, 0.2) is 40.8 Å². The fourth-order valence-corrected chi connectivity index (χ4v) is 3.71. The molecule has 134 valence electrons. The molecule has 0 spiro atoms. The molecule has 26 heavy (non-hydrogen) atoms. The Morgan fingerprint density at radius 2 is 2.00 bits per heavy atom. The molecular formula is C17H19N7OS. The number of ether oxygens (including phenoxy) is 1. The average Bonchev–Trinajstić information content (AvgIpc) is 3.17. The maximum atomic E-state index is 5.44. The Kier molecular flexibility index (Phi) is 5.16. The van der Waals surface area contributed by atoms with Gasteiger partial charge in [0.2, 0.25) is 5.16 Å². The Balaban J connectivity index is 1.63. The molecule has 9 heteroatoms. The van der Waals surface area contributed by atoms with Crippen molar-refractivity contribution in [2.24, 2.45) is 0 Å². The van der Waals surface area contributed by atoms with E-state index in [1.165, 1.54) is 11.8 Å². The second-order valence-electron chi connectivity index (χ2n) is 5.96. The molecule has 1 aliphatic heterocycles. The topological polar surface area (TPSA) is 91.5 Å². The first-order valence-electron chi connectivity index (χ1n) is 8.65. The minimum absolute atomic E-state index is 0.272. The molecule has 1 aliphatic rings. The van der Waals surface area contributed by atoms with Crippen molar-refractivity contribution in [1.29, 1.82) is 0 Å². The van der Waals surface area contributed by atoms with E-state index in [4.69, 9.17) is 9.72 Å². The van der Waals surface area contributed by atoms with Crippen LogP contribution in [0.1, 0.15) is 31.5 Å². The van der Waals surface area contributed by atoms with Crippen LogP contribution in [-0.4, -0.2) is 48.4 Å².